The third kappa shape index (κ3) is 26.6. The molecule has 0 amide bonds. The second kappa shape index (κ2) is 40.6. The largest absolute Gasteiger partial charge is 0.319 e. The van der Waals surface area contributed by atoms with Gasteiger partial charge in [-0.1, -0.05) is 233 Å². The first-order valence-corrected chi connectivity index (χ1v) is 33.4. The van der Waals surface area contributed by atoms with E-state index in [9.17, 15) is 0 Å². The van der Waals surface area contributed by atoms with Crippen molar-refractivity contribution in [3.8, 4) is 0 Å². The zero-order valence-electron chi connectivity index (χ0n) is 52.7. The smallest absolute Gasteiger partial charge is 0.104 e. The van der Waals surface area contributed by atoms with Crippen molar-refractivity contribution < 1.29 is 8.97 Å². The minimum absolute atomic E-state index is 0.816. The maximum absolute atomic E-state index is 3.79. The molecule has 0 bridgehead atoms. The number of benzene rings is 3. The molecule has 0 spiro atoms. The summed E-state index contributed by atoms with van der Waals surface area (Å²) in [6.45, 7) is 43.1. The zero-order chi connectivity index (χ0) is 55.3. The van der Waals surface area contributed by atoms with Crippen LogP contribution in [-0.4, -0.2) is 48.2 Å². The van der Waals surface area contributed by atoms with Crippen LogP contribution in [0.3, 0.4) is 0 Å². The van der Waals surface area contributed by atoms with E-state index >= 15 is 0 Å². The molecule has 0 radical (unpaired) electrons. The van der Waals surface area contributed by atoms with Crippen molar-refractivity contribution in [1.29, 1.82) is 0 Å². The summed E-state index contributed by atoms with van der Waals surface area (Å²) in [5.41, 5.74) is 8.56. The molecular formula is C72H128N4+2. The van der Waals surface area contributed by atoms with E-state index in [4.69, 9.17) is 0 Å². The van der Waals surface area contributed by atoms with Crippen LogP contribution in [0.25, 0.3) is 0 Å². The van der Waals surface area contributed by atoms with Gasteiger partial charge in [0.15, 0.2) is 0 Å². The normalized spacial score (nSPS) is 15.9. The Labute approximate surface area is 474 Å². The number of quaternary nitrogens is 2. The van der Waals surface area contributed by atoms with E-state index in [0.717, 1.165) is 61.7 Å². The Balaban J connectivity index is 1.67. The van der Waals surface area contributed by atoms with Crippen molar-refractivity contribution in [3.05, 3.63) is 106 Å². The van der Waals surface area contributed by atoms with Crippen LogP contribution in [0.2, 0.25) is 0 Å². The fourth-order valence-corrected chi connectivity index (χ4v) is 13.4. The molecule has 0 aliphatic rings. The summed E-state index contributed by atoms with van der Waals surface area (Å²) < 4.78 is 2.58. The van der Waals surface area contributed by atoms with Crippen LogP contribution < -0.4 is 10.6 Å². The van der Waals surface area contributed by atoms with E-state index < -0.39 is 0 Å². The molecule has 0 saturated heterocycles. The Morgan fingerprint density at radius 2 is 0.434 bits per heavy atom. The van der Waals surface area contributed by atoms with Gasteiger partial charge >= 0.3 is 0 Å². The highest BCUT2D eigenvalue weighted by Crippen LogP contribution is 2.33. The lowest BCUT2D eigenvalue weighted by Crippen LogP contribution is -2.55. The predicted molar refractivity (Wildman–Crippen MR) is 337 cm³/mol. The maximum atomic E-state index is 3.79. The SMILES string of the molecule is CCCCC(CC)C[N+](Cc1ccc(CNCc2ccc(CNCc3ccc(C[N+](CC(CC)CCCC)(CC(CC)CCCC)CC(CC)CCCC)cc3)cc2)cc1)(CC(CC)CCCC)CC(CC)CCCC. The quantitative estimate of drug-likeness (QED) is 0.0551. The first kappa shape index (κ1) is 67.8. The van der Waals surface area contributed by atoms with Crippen LogP contribution in [0.4, 0.5) is 0 Å². The van der Waals surface area contributed by atoms with Gasteiger partial charge < -0.3 is 19.6 Å². The minimum Gasteiger partial charge on any atom is -0.319 e. The molecule has 3 aromatic carbocycles. The predicted octanol–water partition coefficient (Wildman–Crippen LogP) is 20.2. The monoisotopic (exact) mass is 1050 g/mol. The molecule has 6 unspecified atom stereocenters. The fraction of sp³-hybridized carbons (Fsp3) is 0.750. The molecule has 2 N–H and O–H groups in total. The average molecular weight is 1050 g/mol. The molecule has 434 valence electrons. The average Bonchev–Trinajstić information content (AvgIpc) is 3.44. The van der Waals surface area contributed by atoms with Gasteiger partial charge in [-0.2, -0.15) is 0 Å². The number of rotatable bonds is 48. The standard InChI is InChI=1S/C72H128N4/c1-13-25-31-61(19-7)53-75(54-62(20-8)32-26-14-2,55-63(21-9)33-27-15-3)59-71-45-41-69(42-46-71)51-73-49-67-37-39-68(40-38-67)50-74-52-70-43-47-72(48-44-70)60-76(56-64(22-10)34-28-16-4,57-65(23-11)35-29-17-5)58-66(24-12)36-30-18-6/h37-48,61-66,73-74H,13-36,49-60H2,1-12H3/q+2. The topological polar surface area (TPSA) is 24.1 Å². The second-order valence-corrected chi connectivity index (χ2v) is 25.3. The van der Waals surface area contributed by atoms with Crippen molar-refractivity contribution in [3.63, 3.8) is 0 Å². The van der Waals surface area contributed by atoms with Gasteiger partial charge in [0.25, 0.3) is 0 Å². The number of nitrogens with zero attached hydrogens (tertiary/aromatic N) is 2. The Morgan fingerprint density at radius 3 is 0.592 bits per heavy atom. The van der Waals surface area contributed by atoms with E-state index in [0.29, 0.717) is 0 Å². The summed E-state index contributed by atoms with van der Waals surface area (Å²) in [5.74, 6) is 4.90. The molecule has 0 heterocycles. The van der Waals surface area contributed by atoms with Gasteiger partial charge in [0.2, 0.25) is 0 Å². The Bertz CT molecular complexity index is 1580. The number of nitrogens with one attached hydrogen (secondary N) is 2. The molecule has 3 rings (SSSR count). The highest BCUT2D eigenvalue weighted by Gasteiger charge is 2.37. The second-order valence-electron chi connectivity index (χ2n) is 25.3. The van der Waals surface area contributed by atoms with Crippen molar-refractivity contribution >= 4 is 0 Å². The molecular weight excluding hydrogens is 921 g/mol. The first-order chi connectivity index (χ1) is 37.0. The van der Waals surface area contributed by atoms with Gasteiger partial charge in [-0.15, -0.1) is 0 Å². The van der Waals surface area contributed by atoms with Crippen LogP contribution in [0.15, 0.2) is 72.8 Å². The highest BCUT2D eigenvalue weighted by atomic mass is 15.4. The van der Waals surface area contributed by atoms with Crippen molar-refractivity contribution in [2.24, 2.45) is 35.5 Å². The molecule has 76 heavy (non-hydrogen) atoms. The zero-order valence-corrected chi connectivity index (χ0v) is 52.7. The van der Waals surface area contributed by atoms with Gasteiger partial charge in [0, 0.05) is 72.8 Å². The highest BCUT2D eigenvalue weighted by molar-refractivity contribution is 5.25. The summed E-state index contributed by atoms with van der Waals surface area (Å²) >= 11 is 0. The summed E-state index contributed by atoms with van der Waals surface area (Å²) in [6.07, 6.45) is 32.3. The van der Waals surface area contributed by atoms with Gasteiger partial charge in [-0.3, -0.25) is 0 Å². The minimum atomic E-state index is 0.816. The van der Waals surface area contributed by atoms with Crippen LogP contribution in [0.1, 0.15) is 271 Å². The number of unbranched alkanes of at least 4 members (excludes halogenated alkanes) is 6. The van der Waals surface area contributed by atoms with Crippen LogP contribution >= 0.6 is 0 Å². The Morgan fingerprint density at radius 1 is 0.263 bits per heavy atom. The van der Waals surface area contributed by atoms with E-state index in [-0.39, 0.29) is 0 Å². The van der Waals surface area contributed by atoms with Crippen molar-refractivity contribution in [2.75, 3.05) is 39.3 Å². The van der Waals surface area contributed by atoms with Gasteiger partial charge in [-0.25, -0.2) is 0 Å². The molecule has 6 atom stereocenters. The summed E-state index contributed by atoms with van der Waals surface area (Å²) in [7, 11) is 0. The fourth-order valence-electron chi connectivity index (χ4n) is 13.4. The molecule has 0 fully saturated rings. The van der Waals surface area contributed by atoms with E-state index in [2.05, 4.69) is 167 Å². The van der Waals surface area contributed by atoms with E-state index in [1.165, 1.54) is 249 Å². The molecule has 4 nitrogen and oxygen atoms in total. The maximum Gasteiger partial charge on any atom is 0.104 e. The molecule has 0 aromatic heterocycles. The number of hydrogen-bond acceptors (Lipinski definition) is 2. The van der Waals surface area contributed by atoms with Crippen LogP contribution in [0, 0.1) is 35.5 Å². The molecule has 0 aliphatic carbocycles. The van der Waals surface area contributed by atoms with Crippen molar-refractivity contribution in [1.82, 2.24) is 10.6 Å². The third-order valence-corrected chi connectivity index (χ3v) is 18.6. The summed E-state index contributed by atoms with van der Waals surface area (Å²) in [6, 6.07) is 29.0. The molecule has 0 saturated carbocycles. The van der Waals surface area contributed by atoms with E-state index in [1.54, 1.807) is 0 Å². The first-order valence-electron chi connectivity index (χ1n) is 33.4. The van der Waals surface area contributed by atoms with Gasteiger partial charge in [0.05, 0.1) is 39.3 Å². The van der Waals surface area contributed by atoms with Crippen LogP contribution in [0.5, 0.6) is 0 Å². The lowest BCUT2D eigenvalue weighted by Gasteiger charge is -2.45. The molecule has 4 heteroatoms. The molecule has 3 aromatic rings. The Hall–Kier alpha value is -2.50. The summed E-state index contributed by atoms with van der Waals surface area (Å²) in [4.78, 5) is 0. The van der Waals surface area contributed by atoms with Gasteiger partial charge in [-0.05, 0) is 99.3 Å². The van der Waals surface area contributed by atoms with E-state index in [1.807, 2.05) is 0 Å². The lowest BCUT2D eigenvalue weighted by molar-refractivity contribution is -0.950. The third-order valence-electron chi connectivity index (χ3n) is 18.6. The van der Waals surface area contributed by atoms with Crippen LogP contribution in [-0.2, 0) is 39.3 Å². The van der Waals surface area contributed by atoms with Gasteiger partial charge in [0.1, 0.15) is 13.1 Å². The lowest BCUT2D eigenvalue weighted by atomic mass is 9.90. The van der Waals surface area contributed by atoms with Crippen molar-refractivity contribution in [2.45, 2.75) is 276 Å². The summed E-state index contributed by atoms with van der Waals surface area (Å²) in [5, 5.41) is 7.57. The molecule has 0 aliphatic heterocycles. The Kier molecular flexibility index (Phi) is 36.2. The number of hydrogen-bond donors (Lipinski definition) is 2.